The molecule has 19 nitrogen and oxygen atoms in total. The lowest BCUT2D eigenvalue weighted by atomic mass is 10.2. The minimum Gasteiger partial charge on any atom is -0.480 e. The highest BCUT2D eigenvalue weighted by Gasteiger charge is 2.21. The maximum Gasteiger partial charge on any atom is 0.317 e. The number of hydrogen-bond acceptors (Lipinski definition) is 13. The number of nitrogens with zero attached hydrogens (tertiary/aromatic N) is 5. The number of aliphatic carboxylic acids is 3. The van der Waals surface area contributed by atoms with Gasteiger partial charge in [0.15, 0.2) is 0 Å². The van der Waals surface area contributed by atoms with E-state index in [-0.39, 0.29) is 56.7 Å². The molecule has 0 aromatic heterocycles. The third kappa shape index (κ3) is 26.0. The molecule has 0 saturated carbocycles. The van der Waals surface area contributed by atoms with Gasteiger partial charge in [-0.15, -0.1) is 0 Å². The first-order valence-electron chi connectivity index (χ1n) is 17.4. The topological polar surface area (TPSA) is 231 Å². The quantitative estimate of drug-likeness (QED) is 0.0606. The van der Waals surface area contributed by atoms with E-state index in [9.17, 15) is 44.1 Å². The molecular weight excluding hydrogens is 674 g/mol. The summed E-state index contributed by atoms with van der Waals surface area (Å²) in [6.07, 6.45) is 1.59. The highest BCUT2D eigenvalue weighted by atomic mass is 16.5. The average Bonchev–Trinajstić information content (AvgIpc) is 3.05. The number of ether oxygens (including phenoxy) is 3. The molecule has 0 aliphatic carbocycles. The van der Waals surface area contributed by atoms with E-state index in [1.165, 1.54) is 4.90 Å². The maximum absolute atomic E-state index is 12.7. The summed E-state index contributed by atoms with van der Waals surface area (Å²) in [5, 5.41) is 33.6. The van der Waals surface area contributed by atoms with Gasteiger partial charge in [-0.05, 0) is 12.8 Å². The Kier molecular flexibility index (Phi) is 25.2. The zero-order valence-corrected chi connectivity index (χ0v) is 30.2. The molecule has 1 aliphatic rings. The summed E-state index contributed by atoms with van der Waals surface area (Å²) in [5.41, 5.74) is 0. The summed E-state index contributed by atoms with van der Waals surface area (Å²) in [5.74, 6) is -3.50. The first-order chi connectivity index (χ1) is 24.3. The number of carboxylic acid groups (broad SMARTS) is 3. The van der Waals surface area contributed by atoms with Gasteiger partial charge in [0.1, 0.15) is 0 Å². The van der Waals surface area contributed by atoms with Gasteiger partial charge in [0.2, 0.25) is 17.7 Å². The number of nitrogens with one attached hydrogen (secondary N) is 2. The van der Waals surface area contributed by atoms with Crippen molar-refractivity contribution >= 4 is 35.6 Å². The summed E-state index contributed by atoms with van der Waals surface area (Å²) < 4.78 is 16.5. The lowest BCUT2D eigenvalue weighted by Gasteiger charge is -2.32. The lowest BCUT2D eigenvalue weighted by Crippen LogP contribution is -2.49. The summed E-state index contributed by atoms with van der Waals surface area (Å²) in [4.78, 5) is 78.6. The van der Waals surface area contributed by atoms with Gasteiger partial charge in [-0.3, -0.25) is 48.4 Å². The van der Waals surface area contributed by atoms with E-state index in [2.05, 4.69) is 10.6 Å². The van der Waals surface area contributed by atoms with Crippen molar-refractivity contribution in [1.29, 1.82) is 0 Å². The molecule has 51 heavy (non-hydrogen) atoms. The Morgan fingerprint density at radius 3 is 1.20 bits per heavy atom. The Morgan fingerprint density at radius 2 is 0.843 bits per heavy atom. The van der Waals surface area contributed by atoms with E-state index < -0.39 is 17.9 Å². The molecule has 3 amide bonds. The lowest BCUT2D eigenvalue weighted by molar-refractivity contribution is -0.140. The molecule has 0 aromatic rings. The minimum atomic E-state index is -1.02. The third-order valence-corrected chi connectivity index (χ3v) is 7.76. The molecule has 294 valence electrons. The van der Waals surface area contributed by atoms with E-state index >= 15 is 0 Å². The molecule has 0 radical (unpaired) electrons. The molecular formula is C32H59N7O12. The molecule has 0 bridgehead atoms. The number of carbonyl (C=O) groups excluding carboxylic acids is 3. The summed E-state index contributed by atoms with van der Waals surface area (Å²) in [6, 6.07) is 0. The van der Waals surface area contributed by atoms with Gasteiger partial charge in [0, 0.05) is 106 Å². The smallest absolute Gasteiger partial charge is 0.317 e. The first-order valence-corrected chi connectivity index (χ1v) is 17.4. The van der Waals surface area contributed by atoms with Crippen LogP contribution in [-0.2, 0) is 43.0 Å². The first kappa shape index (κ1) is 45.6. The second-order valence-electron chi connectivity index (χ2n) is 12.3. The van der Waals surface area contributed by atoms with E-state index in [1.807, 2.05) is 4.90 Å². The highest BCUT2D eigenvalue weighted by Crippen LogP contribution is 2.02. The van der Waals surface area contributed by atoms with Crippen molar-refractivity contribution < 1.29 is 58.3 Å². The molecule has 1 fully saturated rings. The van der Waals surface area contributed by atoms with Gasteiger partial charge in [0.25, 0.3) is 0 Å². The van der Waals surface area contributed by atoms with E-state index in [1.54, 1.807) is 28.8 Å². The normalized spacial score (nSPS) is 15.7. The van der Waals surface area contributed by atoms with Crippen LogP contribution in [0.25, 0.3) is 0 Å². The third-order valence-electron chi connectivity index (χ3n) is 7.76. The van der Waals surface area contributed by atoms with E-state index in [4.69, 9.17) is 14.2 Å². The van der Waals surface area contributed by atoms with Crippen LogP contribution in [0.2, 0.25) is 0 Å². The molecule has 5 N–H and O–H groups in total. The van der Waals surface area contributed by atoms with Crippen LogP contribution in [-0.4, -0.2) is 221 Å². The van der Waals surface area contributed by atoms with Crippen LogP contribution >= 0.6 is 0 Å². The van der Waals surface area contributed by atoms with Crippen LogP contribution in [0.4, 0.5) is 0 Å². The van der Waals surface area contributed by atoms with Crippen LogP contribution in [0.1, 0.15) is 25.7 Å². The predicted molar refractivity (Wildman–Crippen MR) is 184 cm³/mol. The zero-order chi connectivity index (χ0) is 37.9. The highest BCUT2D eigenvalue weighted by molar-refractivity contribution is 5.83. The molecule has 0 aromatic carbocycles. The number of hydrogen-bond donors (Lipinski definition) is 5. The summed E-state index contributed by atoms with van der Waals surface area (Å²) in [6.45, 7) is 5.36. The fourth-order valence-electron chi connectivity index (χ4n) is 4.92. The Bertz CT molecular complexity index is 1020. The van der Waals surface area contributed by atoms with Crippen LogP contribution in [0.5, 0.6) is 0 Å². The Hall–Kier alpha value is -3.46. The molecule has 1 aliphatic heterocycles. The number of carbonyl (C=O) groups is 6. The second kappa shape index (κ2) is 28.2. The second-order valence-corrected chi connectivity index (χ2v) is 12.3. The van der Waals surface area contributed by atoms with Crippen LogP contribution in [0.15, 0.2) is 0 Å². The molecule has 0 spiro atoms. The Balaban J connectivity index is 2.27. The SMILES string of the molecule is CN(C)C(=O)CCC(=O)NCCCOCCOCCOCCCNC(=O)CN1CCN(CC(=O)O)CCN(CC(=O)O)CCN(CC(=O)O)CC1. The average molecular weight is 734 g/mol. The number of rotatable bonds is 25. The molecule has 1 heterocycles. The largest absolute Gasteiger partial charge is 0.480 e. The van der Waals surface area contributed by atoms with Crippen molar-refractivity contribution in [3.05, 3.63) is 0 Å². The molecule has 0 unspecified atom stereocenters. The Labute approximate surface area is 300 Å². The summed E-state index contributed by atoms with van der Waals surface area (Å²) >= 11 is 0. The number of carboxylic acids is 3. The fourth-order valence-corrected chi connectivity index (χ4v) is 4.92. The van der Waals surface area contributed by atoms with Gasteiger partial charge < -0.3 is 45.1 Å². The monoisotopic (exact) mass is 733 g/mol. The zero-order valence-electron chi connectivity index (χ0n) is 30.2. The molecule has 19 heteroatoms. The van der Waals surface area contributed by atoms with Crippen LogP contribution in [0, 0.1) is 0 Å². The van der Waals surface area contributed by atoms with Gasteiger partial charge >= 0.3 is 17.9 Å². The van der Waals surface area contributed by atoms with Crippen LogP contribution < -0.4 is 10.6 Å². The summed E-state index contributed by atoms with van der Waals surface area (Å²) in [7, 11) is 3.31. The van der Waals surface area contributed by atoms with Crippen molar-refractivity contribution in [2.24, 2.45) is 0 Å². The van der Waals surface area contributed by atoms with Gasteiger partial charge in [-0.2, -0.15) is 0 Å². The Morgan fingerprint density at radius 1 is 0.510 bits per heavy atom. The number of amides is 3. The van der Waals surface area contributed by atoms with Crippen molar-refractivity contribution in [2.75, 3.05) is 145 Å². The molecule has 1 saturated heterocycles. The van der Waals surface area contributed by atoms with Crippen LogP contribution in [0.3, 0.4) is 0 Å². The maximum atomic E-state index is 12.7. The standard InChI is InChI=1S/C32H59N7O12/c1-35(2)29(42)6-5-27(40)33-7-3-17-49-19-21-51-22-20-50-18-4-8-34-28(41)23-36-9-11-37(24-30(43)44)13-15-39(26-32(47)48)16-14-38(12-10-36)25-31(45)46/h3-26H2,1-2H3,(H,33,40)(H,34,41)(H,43,44)(H,45,46)(H,47,48). The van der Waals surface area contributed by atoms with E-state index in [0.717, 1.165) is 0 Å². The van der Waals surface area contributed by atoms with Crippen molar-refractivity contribution in [3.63, 3.8) is 0 Å². The van der Waals surface area contributed by atoms with Crippen molar-refractivity contribution in [2.45, 2.75) is 25.7 Å². The predicted octanol–water partition coefficient (Wildman–Crippen LogP) is -2.61. The van der Waals surface area contributed by atoms with Gasteiger partial charge in [-0.1, -0.05) is 0 Å². The van der Waals surface area contributed by atoms with Crippen molar-refractivity contribution in [3.8, 4) is 0 Å². The van der Waals surface area contributed by atoms with Gasteiger partial charge in [-0.25, -0.2) is 0 Å². The molecule has 0 atom stereocenters. The van der Waals surface area contributed by atoms with Gasteiger partial charge in [0.05, 0.1) is 52.6 Å². The minimum absolute atomic E-state index is 0.0532. The molecule has 1 rings (SSSR count). The van der Waals surface area contributed by atoms with E-state index in [0.29, 0.717) is 118 Å². The van der Waals surface area contributed by atoms with Crippen molar-refractivity contribution in [1.82, 2.24) is 35.1 Å². The fraction of sp³-hybridized carbons (Fsp3) is 0.812.